The van der Waals surface area contributed by atoms with Crippen LogP contribution < -0.4 is 0 Å². The first-order valence-corrected chi connectivity index (χ1v) is 8.52. The van der Waals surface area contributed by atoms with Gasteiger partial charge in [0.1, 0.15) is 17.2 Å². The molecule has 2 aromatic carbocycles. The van der Waals surface area contributed by atoms with Crippen LogP contribution in [0.1, 0.15) is 30.9 Å². The molecule has 3 aromatic rings. The number of aromatic nitrogens is 2. The number of phenols is 2. The minimum atomic E-state index is -4.41. The third-order valence-corrected chi connectivity index (χ3v) is 4.76. The van der Waals surface area contributed by atoms with Gasteiger partial charge in [0.2, 0.25) is 0 Å². The fourth-order valence-electron chi connectivity index (χ4n) is 2.61. The Morgan fingerprint density at radius 1 is 1.00 bits per heavy atom. The summed E-state index contributed by atoms with van der Waals surface area (Å²) in [5.41, 5.74) is 1.13. The van der Waals surface area contributed by atoms with E-state index < -0.39 is 11.7 Å². The summed E-state index contributed by atoms with van der Waals surface area (Å²) >= 11 is 1.02. The molecule has 8 heteroatoms. The molecule has 4 nitrogen and oxygen atoms in total. The van der Waals surface area contributed by atoms with Crippen molar-refractivity contribution in [3.8, 4) is 33.2 Å². The van der Waals surface area contributed by atoms with Gasteiger partial charge < -0.3 is 10.2 Å². The summed E-state index contributed by atoms with van der Waals surface area (Å²) in [6, 6.07) is 7.55. The second-order valence-corrected chi connectivity index (χ2v) is 6.86. The molecule has 0 saturated heterocycles. The van der Waals surface area contributed by atoms with E-state index in [9.17, 15) is 23.4 Å². The van der Waals surface area contributed by atoms with Crippen molar-refractivity contribution in [1.29, 1.82) is 0 Å². The number of hydrogen-bond acceptors (Lipinski definition) is 5. The molecule has 136 valence electrons. The molecule has 0 amide bonds. The summed E-state index contributed by atoms with van der Waals surface area (Å²) in [6.07, 6.45) is -4.41. The Morgan fingerprint density at radius 3 is 2.23 bits per heavy atom. The fraction of sp³-hybridized carbons (Fsp3) is 0.222. The largest absolute Gasteiger partial charge is 0.508 e. The lowest BCUT2D eigenvalue weighted by molar-refractivity contribution is -0.137. The van der Waals surface area contributed by atoms with Gasteiger partial charge in [0.25, 0.3) is 0 Å². The van der Waals surface area contributed by atoms with Crippen LogP contribution in [0.5, 0.6) is 11.5 Å². The summed E-state index contributed by atoms with van der Waals surface area (Å²) < 4.78 is 42.1. The summed E-state index contributed by atoms with van der Waals surface area (Å²) in [4.78, 5) is 0.537. The van der Waals surface area contributed by atoms with Crippen LogP contribution in [0.2, 0.25) is 0 Å². The van der Waals surface area contributed by atoms with Gasteiger partial charge in [-0.15, -0.1) is 5.10 Å². The van der Waals surface area contributed by atoms with Crippen molar-refractivity contribution >= 4 is 11.5 Å². The highest BCUT2D eigenvalue weighted by Gasteiger charge is 2.30. The zero-order chi connectivity index (χ0) is 19.1. The van der Waals surface area contributed by atoms with Crippen molar-refractivity contribution in [1.82, 2.24) is 9.59 Å². The molecule has 0 spiro atoms. The van der Waals surface area contributed by atoms with Crippen molar-refractivity contribution in [2.24, 2.45) is 0 Å². The lowest BCUT2D eigenvalue weighted by Gasteiger charge is -2.12. The predicted octanol–water partition coefficient (Wildman–Crippen LogP) is 5.43. The van der Waals surface area contributed by atoms with Crippen LogP contribution in [-0.4, -0.2) is 19.8 Å². The molecule has 1 heterocycles. The van der Waals surface area contributed by atoms with Gasteiger partial charge in [-0.1, -0.05) is 30.5 Å². The molecule has 0 bridgehead atoms. The van der Waals surface area contributed by atoms with Gasteiger partial charge in [-0.25, -0.2) is 0 Å². The van der Waals surface area contributed by atoms with Crippen LogP contribution in [0, 0.1) is 0 Å². The minimum absolute atomic E-state index is 0.00969. The third kappa shape index (κ3) is 3.37. The maximum Gasteiger partial charge on any atom is 0.416 e. The van der Waals surface area contributed by atoms with Crippen LogP contribution in [0.25, 0.3) is 21.7 Å². The molecule has 1 aromatic heterocycles. The lowest BCUT2D eigenvalue weighted by Crippen LogP contribution is -2.03. The molecule has 26 heavy (non-hydrogen) atoms. The maximum absolute atomic E-state index is 12.7. The SMILES string of the molecule is CC(C)c1cc(-c2nnsc2-c2ccc(C(F)(F)F)cc2)c(O)cc1O. The van der Waals surface area contributed by atoms with E-state index in [1.165, 1.54) is 18.2 Å². The molecule has 3 rings (SSSR count). The van der Waals surface area contributed by atoms with Crippen molar-refractivity contribution in [3.05, 3.63) is 47.5 Å². The normalized spacial score (nSPS) is 11.9. The fourth-order valence-corrected chi connectivity index (χ4v) is 3.30. The van der Waals surface area contributed by atoms with E-state index in [0.717, 1.165) is 23.7 Å². The maximum atomic E-state index is 12.7. The summed E-state index contributed by atoms with van der Waals surface area (Å²) in [6.45, 7) is 3.79. The van der Waals surface area contributed by atoms with Gasteiger partial charge in [-0.2, -0.15) is 13.2 Å². The molecule has 2 N–H and O–H groups in total. The van der Waals surface area contributed by atoms with Crippen LogP contribution in [0.3, 0.4) is 0 Å². The second kappa shape index (κ2) is 6.60. The number of aromatic hydroxyl groups is 2. The zero-order valence-corrected chi connectivity index (χ0v) is 14.7. The Morgan fingerprint density at radius 2 is 1.65 bits per heavy atom. The number of rotatable bonds is 3. The molecule has 0 radical (unpaired) electrons. The Bertz CT molecular complexity index is 935. The van der Waals surface area contributed by atoms with E-state index in [4.69, 9.17) is 0 Å². The quantitative estimate of drug-likeness (QED) is 0.636. The molecular weight excluding hydrogens is 365 g/mol. The molecule has 0 aliphatic heterocycles. The number of halogens is 3. The molecule has 0 unspecified atom stereocenters. The van der Waals surface area contributed by atoms with E-state index in [2.05, 4.69) is 9.59 Å². The van der Waals surface area contributed by atoms with Crippen molar-refractivity contribution in [2.75, 3.05) is 0 Å². The average Bonchev–Trinajstić information content (AvgIpc) is 3.03. The number of phenolic OH excluding ortho intramolecular Hbond substituents is 2. The molecular formula is C18H15F3N2O2S. The summed E-state index contributed by atoms with van der Waals surface area (Å²) in [7, 11) is 0. The summed E-state index contributed by atoms with van der Waals surface area (Å²) in [5.74, 6) is -0.191. The molecule has 0 fully saturated rings. The highest BCUT2D eigenvalue weighted by atomic mass is 32.1. The van der Waals surface area contributed by atoms with E-state index in [0.29, 0.717) is 27.3 Å². The van der Waals surface area contributed by atoms with Crippen LogP contribution in [0.4, 0.5) is 13.2 Å². The third-order valence-electron chi connectivity index (χ3n) is 3.98. The molecule has 0 aliphatic carbocycles. The van der Waals surface area contributed by atoms with E-state index >= 15 is 0 Å². The topological polar surface area (TPSA) is 66.2 Å². The highest BCUT2D eigenvalue weighted by molar-refractivity contribution is 7.09. The van der Waals surface area contributed by atoms with Crippen LogP contribution in [0.15, 0.2) is 36.4 Å². The Labute approximate surface area is 151 Å². The first-order valence-electron chi connectivity index (χ1n) is 7.74. The summed E-state index contributed by atoms with van der Waals surface area (Å²) in [5, 5.41) is 24.2. The van der Waals surface area contributed by atoms with Crippen molar-refractivity contribution < 1.29 is 23.4 Å². The van der Waals surface area contributed by atoms with Crippen molar-refractivity contribution in [3.63, 3.8) is 0 Å². The van der Waals surface area contributed by atoms with Gasteiger partial charge >= 0.3 is 6.18 Å². The Balaban J connectivity index is 2.09. The van der Waals surface area contributed by atoms with Gasteiger partial charge in [-0.3, -0.25) is 0 Å². The van der Waals surface area contributed by atoms with Crippen LogP contribution >= 0.6 is 11.5 Å². The second-order valence-electron chi connectivity index (χ2n) is 6.11. The van der Waals surface area contributed by atoms with E-state index in [1.807, 2.05) is 13.8 Å². The van der Waals surface area contributed by atoms with E-state index in [-0.39, 0.29) is 17.4 Å². The van der Waals surface area contributed by atoms with Gasteiger partial charge in [0.15, 0.2) is 0 Å². The van der Waals surface area contributed by atoms with Gasteiger partial charge in [-0.05, 0) is 46.8 Å². The monoisotopic (exact) mass is 380 g/mol. The van der Waals surface area contributed by atoms with Crippen molar-refractivity contribution in [2.45, 2.75) is 25.9 Å². The Hall–Kier alpha value is -2.61. The molecule has 0 aliphatic rings. The number of alkyl halides is 3. The predicted molar refractivity (Wildman–Crippen MR) is 93.2 cm³/mol. The number of benzene rings is 2. The highest BCUT2D eigenvalue weighted by Crippen LogP contribution is 2.42. The number of hydrogen-bond donors (Lipinski definition) is 2. The minimum Gasteiger partial charge on any atom is -0.508 e. The Kier molecular flexibility index (Phi) is 4.62. The average molecular weight is 380 g/mol. The smallest absolute Gasteiger partial charge is 0.416 e. The first kappa shape index (κ1) is 18.2. The van der Waals surface area contributed by atoms with Gasteiger partial charge in [0, 0.05) is 11.6 Å². The zero-order valence-electron chi connectivity index (χ0n) is 13.9. The standard InChI is InChI=1S/C18H15F3N2O2S/c1-9(2)12-7-13(15(25)8-14(12)24)16-17(26-23-22-16)10-3-5-11(6-4-10)18(19,20)21/h3-9,24-25H,1-2H3. The van der Waals surface area contributed by atoms with Crippen LogP contribution in [-0.2, 0) is 6.18 Å². The van der Waals surface area contributed by atoms with Gasteiger partial charge in [0.05, 0.1) is 10.4 Å². The number of nitrogens with zero attached hydrogens (tertiary/aromatic N) is 2. The first-order chi connectivity index (χ1) is 12.2. The molecule has 0 atom stereocenters. The van der Waals surface area contributed by atoms with E-state index in [1.54, 1.807) is 6.07 Å². The molecule has 0 saturated carbocycles. The lowest BCUT2D eigenvalue weighted by atomic mass is 9.96.